The first-order valence-corrected chi connectivity index (χ1v) is 6.83. The van der Waals surface area contributed by atoms with Gasteiger partial charge in [-0.25, -0.2) is 8.78 Å². The molecule has 0 atom stereocenters. The summed E-state index contributed by atoms with van der Waals surface area (Å²) in [7, 11) is 0. The fourth-order valence-corrected chi connectivity index (χ4v) is 2.21. The topological polar surface area (TPSA) is 60.8 Å². The molecule has 4 nitrogen and oxygen atoms in total. The summed E-state index contributed by atoms with van der Waals surface area (Å²) >= 11 is 1.23. The molecule has 0 saturated carbocycles. The van der Waals surface area contributed by atoms with Gasteiger partial charge in [0.2, 0.25) is 0 Å². The van der Waals surface area contributed by atoms with Crippen LogP contribution in [0.15, 0.2) is 11.4 Å². The molecular weight excluding hydrogens is 288 g/mol. The number of aliphatic hydroxyl groups is 2. The third-order valence-corrected chi connectivity index (χ3v) is 3.16. The molecule has 0 radical (unpaired) electrons. The Morgan fingerprint density at radius 3 is 2.75 bits per heavy atom. The van der Waals surface area contributed by atoms with E-state index in [2.05, 4.69) is 11.8 Å². The minimum Gasteiger partial charge on any atom is -0.395 e. The van der Waals surface area contributed by atoms with Crippen LogP contribution in [0.3, 0.4) is 0 Å². The van der Waals surface area contributed by atoms with E-state index in [0.717, 1.165) is 4.90 Å². The molecule has 0 aliphatic heterocycles. The minimum absolute atomic E-state index is 0.0389. The summed E-state index contributed by atoms with van der Waals surface area (Å²) in [5.41, 5.74) is 0.275. The van der Waals surface area contributed by atoms with Crippen LogP contribution in [-0.4, -0.2) is 53.7 Å². The average Bonchev–Trinajstić information content (AvgIpc) is 2.86. The fourth-order valence-electron chi connectivity index (χ4n) is 1.47. The number of amides is 1. The van der Waals surface area contributed by atoms with E-state index in [1.807, 2.05) is 0 Å². The molecule has 1 heterocycles. The minimum atomic E-state index is -2.65. The monoisotopic (exact) mass is 303 g/mol. The van der Waals surface area contributed by atoms with E-state index in [9.17, 15) is 13.6 Å². The number of aliphatic hydroxyl groups excluding tert-OH is 2. The Hall–Kier alpha value is -1.49. The van der Waals surface area contributed by atoms with E-state index in [-0.39, 0.29) is 25.3 Å². The van der Waals surface area contributed by atoms with E-state index in [0.29, 0.717) is 11.3 Å². The van der Waals surface area contributed by atoms with Crippen molar-refractivity contribution in [3.63, 3.8) is 0 Å². The van der Waals surface area contributed by atoms with Gasteiger partial charge in [-0.15, -0.1) is 11.3 Å². The van der Waals surface area contributed by atoms with Gasteiger partial charge in [-0.3, -0.25) is 4.79 Å². The Labute approximate surface area is 119 Å². The van der Waals surface area contributed by atoms with Crippen LogP contribution in [0.25, 0.3) is 0 Å². The Balaban J connectivity index is 2.77. The lowest BCUT2D eigenvalue weighted by Gasteiger charge is -2.20. The van der Waals surface area contributed by atoms with E-state index in [1.54, 1.807) is 5.38 Å². The van der Waals surface area contributed by atoms with Crippen LogP contribution in [0.1, 0.15) is 21.7 Å². The highest BCUT2D eigenvalue weighted by atomic mass is 32.1. The van der Waals surface area contributed by atoms with Gasteiger partial charge in [0.1, 0.15) is 0 Å². The normalized spacial score (nSPS) is 10.2. The molecule has 1 amide bonds. The lowest BCUT2D eigenvalue weighted by molar-refractivity contribution is 0.0509. The number of carbonyl (C=O) groups excluding carboxylic acids is 1. The van der Waals surface area contributed by atoms with Crippen LogP contribution >= 0.6 is 11.3 Å². The van der Waals surface area contributed by atoms with Gasteiger partial charge >= 0.3 is 0 Å². The SMILES string of the molecule is O=C(c1csc(C#CCCO)c1)N(CCO)CC(F)F. The van der Waals surface area contributed by atoms with Crippen molar-refractivity contribution in [2.75, 3.05) is 26.3 Å². The zero-order valence-electron chi connectivity index (χ0n) is 10.7. The largest absolute Gasteiger partial charge is 0.395 e. The van der Waals surface area contributed by atoms with E-state index >= 15 is 0 Å². The lowest BCUT2D eigenvalue weighted by atomic mass is 10.2. The zero-order chi connectivity index (χ0) is 15.0. The first kappa shape index (κ1) is 16.6. The van der Waals surface area contributed by atoms with Crippen LogP contribution in [0.4, 0.5) is 8.78 Å². The molecule has 1 aromatic heterocycles. The highest BCUT2D eigenvalue weighted by Crippen LogP contribution is 2.16. The fraction of sp³-hybridized carbons (Fsp3) is 0.462. The third-order valence-electron chi connectivity index (χ3n) is 2.31. The number of rotatable bonds is 6. The molecule has 0 aliphatic rings. The number of alkyl halides is 2. The van der Waals surface area contributed by atoms with Crippen molar-refractivity contribution in [1.82, 2.24) is 4.90 Å². The van der Waals surface area contributed by atoms with Crippen LogP contribution in [-0.2, 0) is 0 Å². The Bertz CT molecular complexity index is 493. The summed E-state index contributed by atoms with van der Waals surface area (Å²) in [6.07, 6.45) is -2.31. The van der Waals surface area contributed by atoms with E-state index in [4.69, 9.17) is 10.2 Å². The molecule has 0 bridgehead atoms. The summed E-state index contributed by atoms with van der Waals surface area (Å²) in [6, 6.07) is 1.52. The second-order valence-corrected chi connectivity index (χ2v) is 4.75. The predicted molar refractivity (Wildman–Crippen MR) is 71.9 cm³/mol. The van der Waals surface area contributed by atoms with Gasteiger partial charge in [0.05, 0.1) is 30.2 Å². The molecule has 110 valence electrons. The number of thiophene rings is 1. The summed E-state index contributed by atoms with van der Waals surface area (Å²) < 4.78 is 24.8. The maximum Gasteiger partial charge on any atom is 0.255 e. The first-order valence-electron chi connectivity index (χ1n) is 5.95. The van der Waals surface area contributed by atoms with Crippen molar-refractivity contribution in [1.29, 1.82) is 0 Å². The van der Waals surface area contributed by atoms with Crippen molar-refractivity contribution >= 4 is 17.2 Å². The third kappa shape index (κ3) is 5.25. The molecule has 7 heteroatoms. The van der Waals surface area contributed by atoms with Gasteiger partial charge in [0, 0.05) is 18.3 Å². The molecule has 1 aromatic rings. The summed E-state index contributed by atoms with van der Waals surface area (Å²) in [6.45, 7) is -1.25. The Morgan fingerprint density at radius 2 is 2.15 bits per heavy atom. The highest BCUT2D eigenvalue weighted by molar-refractivity contribution is 7.10. The van der Waals surface area contributed by atoms with Gasteiger partial charge in [-0.1, -0.05) is 11.8 Å². The lowest BCUT2D eigenvalue weighted by Crippen LogP contribution is -2.37. The quantitative estimate of drug-likeness (QED) is 0.776. The van der Waals surface area contributed by atoms with Crippen molar-refractivity contribution in [3.05, 3.63) is 21.9 Å². The van der Waals surface area contributed by atoms with Crippen LogP contribution < -0.4 is 0 Å². The van der Waals surface area contributed by atoms with Gasteiger partial charge in [0.25, 0.3) is 12.3 Å². The average molecular weight is 303 g/mol. The van der Waals surface area contributed by atoms with Crippen LogP contribution in [0.5, 0.6) is 0 Å². The zero-order valence-corrected chi connectivity index (χ0v) is 11.5. The smallest absolute Gasteiger partial charge is 0.255 e. The van der Waals surface area contributed by atoms with Gasteiger partial charge in [-0.05, 0) is 6.07 Å². The molecule has 0 fully saturated rings. The van der Waals surface area contributed by atoms with Crippen molar-refractivity contribution in [2.24, 2.45) is 0 Å². The second kappa shape index (κ2) is 8.64. The molecule has 2 N–H and O–H groups in total. The first-order chi connectivity index (χ1) is 9.58. The highest BCUT2D eigenvalue weighted by Gasteiger charge is 2.20. The summed E-state index contributed by atoms with van der Waals surface area (Å²) in [4.78, 5) is 13.6. The number of nitrogens with zero attached hydrogens (tertiary/aromatic N) is 1. The molecule has 0 saturated heterocycles. The molecule has 20 heavy (non-hydrogen) atoms. The maximum atomic E-state index is 12.4. The predicted octanol–water partition coefficient (Wildman–Crippen LogP) is 1.18. The number of carbonyl (C=O) groups is 1. The molecule has 0 aliphatic carbocycles. The van der Waals surface area contributed by atoms with Gasteiger partial charge in [0.15, 0.2) is 0 Å². The standard InChI is InChI=1S/C13H15F2NO3S/c14-12(15)8-16(4-6-18)13(19)10-7-11(20-9-10)3-1-2-5-17/h7,9,12,17-18H,2,4-6,8H2. The van der Waals surface area contributed by atoms with Crippen molar-refractivity contribution < 1.29 is 23.8 Å². The molecule has 1 rings (SSSR count). The maximum absolute atomic E-state index is 12.4. The van der Waals surface area contributed by atoms with Crippen LogP contribution in [0.2, 0.25) is 0 Å². The Morgan fingerprint density at radius 1 is 1.40 bits per heavy atom. The van der Waals surface area contributed by atoms with Crippen LogP contribution in [0, 0.1) is 11.8 Å². The second-order valence-electron chi connectivity index (χ2n) is 3.84. The number of halogens is 2. The Kier molecular flexibility index (Phi) is 7.15. The van der Waals surface area contributed by atoms with Gasteiger partial charge in [-0.2, -0.15) is 0 Å². The summed E-state index contributed by atoms with van der Waals surface area (Å²) in [5, 5.41) is 19.0. The molecule has 0 unspecified atom stereocenters. The summed E-state index contributed by atoms with van der Waals surface area (Å²) in [5.74, 6) is 4.94. The molecule has 0 spiro atoms. The number of hydrogen-bond donors (Lipinski definition) is 2. The van der Waals surface area contributed by atoms with Crippen molar-refractivity contribution in [2.45, 2.75) is 12.8 Å². The van der Waals surface area contributed by atoms with Gasteiger partial charge < -0.3 is 15.1 Å². The number of hydrogen-bond acceptors (Lipinski definition) is 4. The molecular formula is C13H15F2NO3S. The van der Waals surface area contributed by atoms with E-state index in [1.165, 1.54) is 17.4 Å². The van der Waals surface area contributed by atoms with E-state index < -0.39 is 18.9 Å². The molecule has 0 aromatic carbocycles. The van der Waals surface area contributed by atoms with Crippen molar-refractivity contribution in [3.8, 4) is 11.8 Å².